The van der Waals surface area contributed by atoms with Crippen LogP contribution in [0.4, 0.5) is 4.39 Å². The number of likely N-dealkylation sites (tertiary alicyclic amines) is 1. The van der Waals surface area contributed by atoms with Gasteiger partial charge in [-0.15, -0.1) is 10.2 Å². The van der Waals surface area contributed by atoms with Crippen molar-refractivity contribution in [1.29, 1.82) is 0 Å². The second kappa shape index (κ2) is 7.55. The molecule has 0 spiro atoms. The van der Waals surface area contributed by atoms with Crippen molar-refractivity contribution in [2.24, 2.45) is 7.05 Å². The van der Waals surface area contributed by atoms with E-state index in [1.165, 1.54) is 16.7 Å². The highest BCUT2D eigenvalue weighted by molar-refractivity contribution is 5.80. The first-order valence-electron chi connectivity index (χ1n) is 10.4. The Kier molecular flexibility index (Phi) is 4.83. The van der Waals surface area contributed by atoms with E-state index in [4.69, 9.17) is 0 Å². The van der Waals surface area contributed by atoms with Crippen LogP contribution in [0.15, 0.2) is 53.3 Å². The average molecular weight is 421 g/mol. The molecule has 0 aliphatic carbocycles. The summed E-state index contributed by atoms with van der Waals surface area (Å²) in [5.74, 6) is 1.02. The van der Waals surface area contributed by atoms with Gasteiger partial charge < -0.3 is 5.11 Å². The molecule has 4 aromatic rings. The molecule has 3 heterocycles. The fourth-order valence-electron chi connectivity index (χ4n) is 4.48. The minimum Gasteiger partial charge on any atom is -0.389 e. The van der Waals surface area contributed by atoms with Gasteiger partial charge >= 0.3 is 0 Å². The molecular formula is C23H24FN5O2. The highest BCUT2D eigenvalue weighted by Crippen LogP contribution is 2.27. The van der Waals surface area contributed by atoms with Crippen LogP contribution in [0.25, 0.3) is 16.7 Å². The second-order valence-electron chi connectivity index (χ2n) is 8.44. The van der Waals surface area contributed by atoms with E-state index in [1.807, 2.05) is 28.7 Å². The van der Waals surface area contributed by atoms with Crippen LogP contribution in [0.3, 0.4) is 0 Å². The Bertz CT molecular complexity index is 1300. The number of aromatic nitrogens is 4. The molecule has 8 heteroatoms. The third-order valence-corrected chi connectivity index (χ3v) is 6.29. The van der Waals surface area contributed by atoms with Crippen molar-refractivity contribution in [2.75, 3.05) is 13.1 Å². The fourth-order valence-corrected chi connectivity index (χ4v) is 4.48. The predicted molar refractivity (Wildman–Crippen MR) is 115 cm³/mol. The van der Waals surface area contributed by atoms with Gasteiger partial charge in [0, 0.05) is 26.6 Å². The van der Waals surface area contributed by atoms with Gasteiger partial charge in [0.15, 0.2) is 5.82 Å². The van der Waals surface area contributed by atoms with Crippen molar-refractivity contribution < 1.29 is 9.50 Å². The summed E-state index contributed by atoms with van der Waals surface area (Å²) in [5.41, 5.74) is 0.849. The van der Waals surface area contributed by atoms with E-state index in [-0.39, 0.29) is 11.4 Å². The lowest BCUT2D eigenvalue weighted by molar-refractivity contribution is -0.0230. The van der Waals surface area contributed by atoms with Crippen LogP contribution in [-0.4, -0.2) is 47.9 Å². The number of hydrogen-bond acceptors (Lipinski definition) is 5. The van der Waals surface area contributed by atoms with Crippen LogP contribution >= 0.6 is 0 Å². The number of nitrogens with zero attached hydrogens (tertiary/aromatic N) is 5. The zero-order valence-electron chi connectivity index (χ0n) is 17.3. The molecule has 0 amide bonds. The third kappa shape index (κ3) is 3.62. The topological polar surface area (TPSA) is 75.7 Å². The van der Waals surface area contributed by atoms with Crippen molar-refractivity contribution in [3.63, 3.8) is 0 Å². The normalized spacial score (nSPS) is 16.9. The summed E-state index contributed by atoms with van der Waals surface area (Å²) in [6.45, 7) is 2.02. The van der Waals surface area contributed by atoms with Gasteiger partial charge in [-0.05, 0) is 42.7 Å². The maximum atomic E-state index is 13.1. The number of piperidine rings is 1. The van der Waals surface area contributed by atoms with Crippen molar-refractivity contribution >= 4 is 16.7 Å². The Morgan fingerprint density at radius 1 is 1.06 bits per heavy atom. The quantitative estimate of drug-likeness (QED) is 0.547. The molecule has 7 nitrogen and oxygen atoms in total. The number of halogens is 1. The Hall–Kier alpha value is -3.10. The summed E-state index contributed by atoms with van der Waals surface area (Å²) in [5, 5.41) is 20.3. The van der Waals surface area contributed by atoms with Gasteiger partial charge in [-0.25, -0.2) is 4.39 Å². The predicted octanol–water partition coefficient (Wildman–Crippen LogP) is 2.29. The lowest BCUT2D eigenvalue weighted by Gasteiger charge is -2.38. The van der Waals surface area contributed by atoms with Crippen LogP contribution in [0.2, 0.25) is 0 Å². The lowest BCUT2D eigenvalue weighted by Crippen LogP contribution is -2.45. The second-order valence-corrected chi connectivity index (χ2v) is 8.44. The average Bonchev–Trinajstić information content (AvgIpc) is 3.19. The molecule has 0 bridgehead atoms. The molecule has 31 heavy (non-hydrogen) atoms. The Labute approximate surface area is 178 Å². The first kappa shape index (κ1) is 19.8. The standard InChI is InChI=1S/C23H24FN5O2/c1-27-21(30)18-4-2-3-5-19(18)29-20(25-26-22(27)29)15-28-12-10-23(31,11-13-28)14-16-6-8-17(24)9-7-16/h2-9,31H,10-15H2,1H3. The van der Waals surface area contributed by atoms with Crippen molar-refractivity contribution in [2.45, 2.75) is 31.4 Å². The first-order chi connectivity index (χ1) is 14.9. The van der Waals surface area contributed by atoms with Crippen LogP contribution in [-0.2, 0) is 20.0 Å². The van der Waals surface area contributed by atoms with E-state index in [2.05, 4.69) is 15.1 Å². The highest BCUT2D eigenvalue weighted by Gasteiger charge is 2.33. The van der Waals surface area contributed by atoms with Crippen LogP contribution in [0.5, 0.6) is 0 Å². The SMILES string of the molecule is Cn1c(=O)c2ccccc2n2c(CN3CCC(O)(Cc4ccc(F)cc4)CC3)nnc12. The number of benzene rings is 2. The summed E-state index contributed by atoms with van der Waals surface area (Å²) >= 11 is 0. The van der Waals surface area contributed by atoms with E-state index < -0.39 is 5.60 Å². The molecule has 1 aliphatic rings. The minimum absolute atomic E-state index is 0.0918. The summed E-state index contributed by atoms with van der Waals surface area (Å²) in [7, 11) is 1.71. The fraction of sp³-hybridized carbons (Fsp3) is 0.348. The number of aryl methyl sites for hydroxylation is 1. The van der Waals surface area contributed by atoms with Gasteiger partial charge in [-0.3, -0.25) is 18.7 Å². The molecule has 1 aliphatic heterocycles. The summed E-state index contributed by atoms with van der Waals surface area (Å²) in [6, 6.07) is 13.8. The number of rotatable bonds is 4. The summed E-state index contributed by atoms with van der Waals surface area (Å²) < 4.78 is 16.6. The number of fused-ring (bicyclic) bond motifs is 3. The number of aliphatic hydroxyl groups is 1. The maximum absolute atomic E-state index is 13.1. The van der Waals surface area contributed by atoms with Gasteiger partial charge in [-0.2, -0.15) is 0 Å². The van der Waals surface area contributed by atoms with Gasteiger partial charge in [0.25, 0.3) is 5.56 Å². The smallest absolute Gasteiger partial charge is 0.262 e. The maximum Gasteiger partial charge on any atom is 0.262 e. The number of hydrogen-bond donors (Lipinski definition) is 1. The van der Waals surface area contributed by atoms with Crippen LogP contribution in [0.1, 0.15) is 24.2 Å². The Morgan fingerprint density at radius 3 is 2.52 bits per heavy atom. The zero-order chi connectivity index (χ0) is 21.6. The minimum atomic E-state index is -0.794. The van der Waals surface area contributed by atoms with E-state index in [1.54, 1.807) is 19.2 Å². The molecule has 0 saturated carbocycles. The molecule has 1 N–H and O–H groups in total. The Balaban J connectivity index is 1.36. The van der Waals surface area contributed by atoms with Crippen LogP contribution < -0.4 is 5.56 Å². The summed E-state index contributed by atoms with van der Waals surface area (Å²) in [4.78, 5) is 14.9. The van der Waals surface area contributed by atoms with E-state index in [0.717, 1.165) is 30.0 Å². The Morgan fingerprint density at radius 2 is 1.77 bits per heavy atom. The zero-order valence-corrected chi connectivity index (χ0v) is 17.3. The lowest BCUT2D eigenvalue weighted by atomic mass is 9.85. The molecule has 0 atom stereocenters. The molecule has 160 valence electrons. The van der Waals surface area contributed by atoms with Gasteiger partial charge in [0.2, 0.25) is 5.78 Å². The van der Waals surface area contributed by atoms with Gasteiger partial charge in [-0.1, -0.05) is 24.3 Å². The molecular weight excluding hydrogens is 397 g/mol. The van der Waals surface area contributed by atoms with Crippen molar-refractivity contribution in [3.8, 4) is 0 Å². The molecule has 1 fully saturated rings. The van der Waals surface area contributed by atoms with Gasteiger partial charge in [0.1, 0.15) is 5.82 Å². The molecule has 2 aromatic heterocycles. The molecule has 2 aromatic carbocycles. The molecule has 0 unspecified atom stereocenters. The van der Waals surface area contributed by atoms with Gasteiger partial charge in [0.05, 0.1) is 23.0 Å². The molecule has 0 radical (unpaired) electrons. The third-order valence-electron chi connectivity index (χ3n) is 6.29. The monoisotopic (exact) mass is 421 g/mol. The van der Waals surface area contributed by atoms with Crippen molar-refractivity contribution in [3.05, 3.63) is 76.1 Å². The van der Waals surface area contributed by atoms with E-state index >= 15 is 0 Å². The largest absolute Gasteiger partial charge is 0.389 e. The summed E-state index contributed by atoms with van der Waals surface area (Å²) in [6.07, 6.45) is 1.77. The molecule has 1 saturated heterocycles. The van der Waals surface area contributed by atoms with Crippen molar-refractivity contribution in [1.82, 2.24) is 24.1 Å². The number of para-hydroxylation sites is 1. The molecule has 5 rings (SSSR count). The van der Waals surface area contributed by atoms with E-state index in [0.29, 0.717) is 37.0 Å². The van der Waals surface area contributed by atoms with E-state index in [9.17, 15) is 14.3 Å². The first-order valence-corrected chi connectivity index (χ1v) is 10.4. The highest BCUT2D eigenvalue weighted by atomic mass is 19.1. The van der Waals surface area contributed by atoms with Crippen LogP contribution in [0, 0.1) is 5.82 Å².